The van der Waals surface area contributed by atoms with Crippen LogP contribution >= 0.6 is 24.0 Å². The number of amides is 1. The number of thioether (sulfide) groups is 1. The highest BCUT2D eigenvalue weighted by atomic mass is 32.2. The standard InChI is InChI=1S/C18H22N2O3S2/c1-2-9-23-15-5-3-14(4-6-15)12-16-17(21)20(18(24)25-16)13-19-7-10-22-11-8-19/h3-6,12H,2,7-11,13H2,1H3/b16-12-. The second kappa shape index (κ2) is 8.80. The lowest BCUT2D eigenvalue weighted by molar-refractivity contribution is -0.124. The van der Waals surface area contributed by atoms with Gasteiger partial charge in [-0.1, -0.05) is 43.0 Å². The maximum absolute atomic E-state index is 12.7. The topological polar surface area (TPSA) is 42.0 Å². The van der Waals surface area contributed by atoms with E-state index in [1.54, 1.807) is 4.90 Å². The van der Waals surface area contributed by atoms with E-state index in [9.17, 15) is 4.79 Å². The van der Waals surface area contributed by atoms with Crippen molar-refractivity contribution in [3.63, 3.8) is 0 Å². The predicted octanol–water partition coefficient (Wildman–Crippen LogP) is 2.97. The molecular weight excluding hydrogens is 356 g/mol. The molecule has 0 N–H and O–H groups in total. The van der Waals surface area contributed by atoms with Crippen molar-refractivity contribution in [2.24, 2.45) is 0 Å². The lowest BCUT2D eigenvalue weighted by Gasteiger charge is -2.29. The van der Waals surface area contributed by atoms with Crippen molar-refractivity contribution in [1.29, 1.82) is 0 Å². The number of hydrogen-bond donors (Lipinski definition) is 0. The van der Waals surface area contributed by atoms with Crippen LogP contribution in [0.15, 0.2) is 29.2 Å². The van der Waals surface area contributed by atoms with E-state index in [4.69, 9.17) is 21.7 Å². The number of morpholine rings is 1. The molecule has 1 aromatic carbocycles. The SMILES string of the molecule is CCCOc1ccc(/C=C2\SC(=S)N(CN3CCOCC3)C2=O)cc1. The van der Waals surface area contributed by atoms with E-state index in [-0.39, 0.29) is 5.91 Å². The molecule has 2 aliphatic rings. The van der Waals surface area contributed by atoms with Crippen LogP contribution in [0.25, 0.3) is 6.08 Å². The molecule has 0 atom stereocenters. The van der Waals surface area contributed by atoms with Gasteiger partial charge in [-0.2, -0.15) is 0 Å². The van der Waals surface area contributed by atoms with Gasteiger partial charge in [-0.15, -0.1) is 0 Å². The summed E-state index contributed by atoms with van der Waals surface area (Å²) in [5, 5.41) is 0. The lowest BCUT2D eigenvalue weighted by atomic mass is 10.2. The molecule has 5 nitrogen and oxygen atoms in total. The zero-order chi connectivity index (χ0) is 17.6. The Morgan fingerprint density at radius 3 is 2.68 bits per heavy atom. The smallest absolute Gasteiger partial charge is 0.267 e. The Labute approximate surface area is 157 Å². The van der Waals surface area contributed by atoms with Crippen molar-refractivity contribution in [2.75, 3.05) is 39.6 Å². The van der Waals surface area contributed by atoms with E-state index in [2.05, 4.69) is 11.8 Å². The van der Waals surface area contributed by atoms with E-state index in [1.807, 2.05) is 30.3 Å². The number of carbonyl (C=O) groups excluding carboxylic acids is 1. The minimum atomic E-state index is -0.0206. The highest BCUT2D eigenvalue weighted by molar-refractivity contribution is 8.26. The Morgan fingerprint density at radius 1 is 1.28 bits per heavy atom. The zero-order valence-electron chi connectivity index (χ0n) is 14.3. The second-order valence-electron chi connectivity index (χ2n) is 5.90. The maximum Gasteiger partial charge on any atom is 0.267 e. The zero-order valence-corrected chi connectivity index (χ0v) is 15.9. The molecule has 0 aromatic heterocycles. The summed E-state index contributed by atoms with van der Waals surface area (Å²) in [6.45, 7) is 6.39. The molecule has 1 aromatic rings. The highest BCUT2D eigenvalue weighted by Gasteiger charge is 2.33. The van der Waals surface area contributed by atoms with Crippen molar-refractivity contribution in [3.05, 3.63) is 34.7 Å². The van der Waals surface area contributed by atoms with Crippen LogP contribution in [0.4, 0.5) is 0 Å². The van der Waals surface area contributed by atoms with E-state index in [0.717, 1.165) is 30.8 Å². The van der Waals surface area contributed by atoms with Crippen molar-refractivity contribution >= 4 is 40.3 Å². The van der Waals surface area contributed by atoms with Gasteiger partial charge in [0.2, 0.25) is 0 Å². The van der Waals surface area contributed by atoms with Crippen LogP contribution < -0.4 is 4.74 Å². The van der Waals surface area contributed by atoms with Crippen LogP contribution in [-0.2, 0) is 9.53 Å². The number of nitrogens with zero attached hydrogens (tertiary/aromatic N) is 2. The van der Waals surface area contributed by atoms with Crippen molar-refractivity contribution in [1.82, 2.24) is 9.80 Å². The molecule has 3 rings (SSSR count). The fourth-order valence-corrected chi connectivity index (χ4v) is 3.84. The van der Waals surface area contributed by atoms with Gasteiger partial charge < -0.3 is 9.47 Å². The normalized spacial score (nSPS) is 20.5. The molecule has 0 saturated carbocycles. The Kier molecular flexibility index (Phi) is 6.47. The van der Waals surface area contributed by atoms with Crippen molar-refractivity contribution in [3.8, 4) is 5.75 Å². The predicted molar refractivity (Wildman–Crippen MR) is 104 cm³/mol. The number of thiocarbonyl (C=S) groups is 1. The molecule has 0 radical (unpaired) electrons. The van der Waals surface area contributed by atoms with E-state index >= 15 is 0 Å². The molecule has 7 heteroatoms. The minimum Gasteiger partial charge on any atom is -0.494 e. The molecule has 2 saturated heterocycles. The first kappa shape index (κ1) is 18.4. The van der Waals surface area contributed by atoms with Crippen LogP contribution in [0, 0.1) is 0 Å². The van der Waals surface area contributed by atoms with Crippen LogP contribution in [0.5, 0.6) is 5.75 Å². The highest BCUT2D eigenvalue weighted by Crippen LogP contribution is 2.33. The fourth-order valence-electron chi connectivity index (χ4n) is 2.60. The lowest BCUT2D eigenvalue weighted by Crippen LogP contribution is -2.45. The quantitative estimate of drug-likeness (QED) is 0.560. The molecular formula is C18H22N2O3S2. The van der Waals surface area contributed by atoms with Gasteiger partial charge in [0.25, 0.3) is 5.91 Å². The first-order valence-electron chi connectivity index (χ1n) is 8.45. The monoisotopic (exact) mass is 378 g/mol. The van der Waals surface area contributed by atoms with Crippen LogP contribution in [0.1, 0.15) is 18.9 Å². The number of hydrogen-bond acceptors (Lipinski definition) is 6. The summed E-state index contributed by atoms with van der Waals surface area (Å²) in [4.78, 5) is 17.2. The number of benzene rings is 1. The first-order valence-corrected chi connectivity index (χ1v) is 9.68. The summed E-state index contributed by atoms with van der Waals surface area (Å²) in [5.74, 6) is 0.826. The summed E-state index contributed by atoms with van der Waals surface area (Å²) < 4.78 is 11.5. The Bertz CT molecular complexity index is 655. The van der Waals surface area contributed by atoms with Gasteiger partial charge >= 0.3 is 0 Å². The summed E-state index contributed by atoms with van der Waals surface area (Å²) in [6.07, 6.45) is 2.87. The van der Waals surface area contributed by atoms with Gasteiger partial charge in [-0.05, 0) is 30.2 Å². The van der Waals surface area contributed by atoms with Crippen molar-refractivity contribution < 1.29 is 14.3 Å². The van der Waals surface area contributed by atoms with Gasteiger partial charge in [-0.3, -0.25) is 14.6 Å². The number of ether oxygens (including phenoxy) is 2. The fraction of sp³-hybridized carbons (Fsp3) is 0.444. The third-order valence-corrected chi connectivity index (χ3v) is 5.35. The molecule has 0 unspecified atom stereocenters. The number of rotatable bonds is 6. The van der Waals surface area contributed by atoms with Gasteiger partial charge in [0, 0.05) is 13.1 Å². The van der Waals surface area contributed by atoms with Gasteiger partial charge in [0.1, 0.15) is 10.1 Å². The minimum absolute atomic E-state index is 0.0206. The van der Waals surface area contributed by atoms with Gasteiger partial charge in [0.15, 0.2) is 0 Å². The second-order valence-corrected chi connectivity index (χ2v) is 7.57. The Morgan fingerprint density at radius 2 is 2.00 bits per heavy atom. The molecule has 1 amide bonds. The van der Waals surface area contributed by atoms with Crippen LogP contribution in [0.2, 0.25) is 0 Å². The average Bonchev–Trinajstić information content (AvgIpc) is 2.89. The summed E-state index contributed by atoms with van der Waals surface area (Å²) >= 11 is 6.76. The Balaban J connectivity index is 1.65. The maximum atomic E-state index is 12.7. The Hall–Kier alpha value is -1.41. The molecule has 134 valence electrons. The molecule has 0 bridgehead atoms. The van der Waals surface area contributed by atoms with Gasteiger partial charge in [-0.25, -0.2) is 0 Å². The summed E-state index contributed by atoms with van der Waals surface area (Å²) in [5.41, 5.74) is 0.968. The van der Waals surface area contributed by atoms with Gasteiger partial charge in [0.05, 0.1) is 31.4 Å². The number of carbonyl (C=O) groups is 1. The van der Waals surface area contributed by atoms with Crippen LogP contribution in [-0.4, -0.2) is 59.6 Å². The van der Waals surface area contributed by atoms with E-state index < -0.39 is 0 Å². The van der Waals surface area contributed by atoms with Crippen molar-refractivity contribution in [2.45, 2.75) is 13.3 Å². The first-order chi connectivity index (χ1) is 12.2. The molecule has 0 aliphatic carbocycles. The molecule has 2 heterocycles. The third-order valence-electron chi connectivity index (χ3n) is 3.97. The molecule has 2 fully saturated rings. The molecule has 0 spiro atoms. The van der Waals surface area contributed by atoms with E-state index in [1.165, 1.54) is 11.8 Å². The average molecular weight is 379 g/mol. The van der Waals surface area contributed by atoms with Crippen LogP contribution in [0.3, 0.4) is 0 Å². The summed E-state index contributed by atoms with van der Waals surface area (Å²) in [6, 6.07) is 7.77. The molecule has 25 heavy (non-hydrogen) atoms. The third kappa shape index (κ3) is 4.82. The largest absolute Gasteiger partial charge is 0.494 e. The molecule has 2 aliphatic heterocycles. The summed E-state index contributed by atoms with van der Waals surface area (Å²) in [7, 11) is 0. The van der Waals surface area contributed by atoms with E-state index in [0.29, 0.717) is 35.7 Å².